The summed E-state index contributed by atoms with van der Waals surface area (Å²) < 4.78 is 29.4. The van der Waals surface area contributed by atoms with Gasteiger partial charge in [-0.2, -0.15) is 0 Å². The average Bonchev–Trinajstić information content (AvgIpc) is 2.52. The first-order chi connectivity index (χ1) is 8.30. The molecule has 0 amide bonds. The van der Waals surface area contributed by atoms with Crippen LogP contribution < -0.4 is 0 Å². The van der Waals surface area contributed by atoms with Crippen LogP contribution in [0.15, 0.2) is 35.2 Å². The van der Waals surface area contributed by atoms with Crippen molar-refractivity contribution in [3.05, 3.63) is 30.3 Å². The number of sulfone groups is 1. The topological polar surface area (TPSA) is 60.4 Å². The van der Waals surface area contributed by atoms with E-state index in [0.717, 1.165) is 0 Å². The number of rotatable bonds is 3. The summed E-state index contributed by atoms with van der Waals surface area (Å²) in [6.45, 7) is 3.58. The molecule has 0 N–H and O–H groups in total. The summed E-state index contributed by atoms with van der Waals surface area (Å²) in [5, 5.41) is 0. The van der Waals surface area contributed by atoms with Crippen molar-refractivity contribution >= 4 is 15.8 Å². The van der Waals surface area contributed by atoms with Crippen molar-refractivity contribution in [3.63, 3.8) is 0 Å². The molecule has 0 spiro atoms. The van der Waals surface area contributed by atoms with Crippen LogP contribution in [0.4, 0.5) is 0 Å². The molecule has 1 aromatic carbocycles. The smallest absolute Gasteiger partial charge is 0.310 e. The molecule has 98 valence electrons. The molecule has 18 heavy (non-hydrogen) atoms. The van der Waals surface area contributed by atoms with Crippen LogP contribution in [0.25, 0.3) is 0 Å². The second kappa shape index (κ2) is 4.39. The first kappa shape index (κ1) is 13.1. The lowest BCUT2D eigenvalue weighted by Gasteiger charge is -2.14. The first-order valence-corrected chi connectivity index (χ1v) is 7.46. The second-order valence-electron chi connectivity index (χ2n) is 5.18. The maximum atomic E-state index is 12.1. The van der Waals surface area contributed by atoms with Crippen molar-refractivity contribution in [2.75, 3.05) is 5.75 Å². The van der Waals surface area contributed by atoms with E-state index in [1.807, 2.05) is 0 Å². The van der Waals surface area contributed by atoms with Gasteiger partial charge in [0.15, 0.2) is 9.84 Å². The van der Waals surface area contributed by atoms with E-state index in [-0.39, 0.29) is 10.6 Å². The van der Waals surface area contributed by atoms with E-state index >= 15 is 0 Å². The van der Waals surface area contributed by atoms with E-state index < -0.39 is 27.3 Å². The van der Waals surface area contributed by atoms with Crippen molar-refractivity contribution in [1.82, 2.24) is 0 Å². The fourth-order valence-electron chi connectivity index (χ4n) is 2.19. The average molecular weight is 268 g/mol. The Balaban J connectivity index is 2.18. The number of esters is 1. The van der Waals surface area contributed by atoms with Crippen LogP contribution in [-0.2, 0) is 19.4 Å². The highest BCUT2D eigenvalue weighted by Crippen LogP contribution is 2.32. The van der Waals surface area contributed by atoms with Crippen LogP contribution in [0.5, 0.6) is 0 Å². The predicted molar refractivity (Wildman–Crippen MR) is 66.8 cm³/mol. The summed E-state index contributed by atoms with van der Waals surface area (Å²) >= 11 is 0. The van der Waals surface area contributed by atoms with Gasteiger partial charge in [0.05, 0.1) is 16.6 Å². The van der Waals surface area contributed by atoms with Gasteiger partial charge in [-0.05, 0) is 26.0 Å². The zero-order valence-corrected chi connectivity index (χ0v) is 11.2. The molecule has 1 aromatic rings. The molecule has 1 heterocycles. The summed E-state index contributed by atoms with van der Waals surface area (Å²) in [5.74, 6) is -1.16. The van der Waals surface area contributed by atoms with Crippen molar-refractivity contribution in [3.8, 4) is 0 Å². The van der Waals surface area contributed by atoms with Crippen molar-refractivity contribution in [2.45, 2.75) is 30.8 Å². The summed E-state index contributed by atoms with van der Waals surface area (Å²) in [6, 6.07) is 8.18. The normalized spacial score (nSPS) is 22.8. The molecule has 1 aliphatic rings. The zero-order chi connectivity index (χ0) is 13.4. The summed E-state index contributed by atoms with van der Waals surface area (Å²) in [7, 11) is -3.43. The number of carbonyl (C=O) groups is 1. The summed E-state index contributed by atoms with van der Waals surface area (Å²) in [4.78, 5) is 11.9. The molecule has 0 aliphatic carbocycles. The van der Waals surface area contributed by atoms with Crippen LogP contribution >= 0.6 is 0 Å². The lowest BCUT2D eigenvalue weighted by atomic mass is 9.99. The van der Waals surface area contributed by atoms with E-state index in [1.54, 1.807) is 44.2 Å². The van der Waals surface area contributed by atoms with Crippen LogP contribution in [0.1, 0.15) is 20.3 Å². The van der Waals surface area contributed by atoms with Gasteiger partial charge < -0.3 is 4.74 Å². The fourth-order valence-corrected chi connectivity index (χ4v) is 3.74. The van der Waals surface area contributed by atoms with Gasteiger partial charge in [0.2, 0.25) is 0 Å². The molecule has 2 rings (SSSR count). The highest BCUT2D eigenvalue weighted by atomic mass is 32.2. The Morgan fingerprint density at radius 2 is 1.89 bits per heavy atom. The Hall–Kier alpha value is -1.36. The van der Waals surface area contributed by atoms with Crippen LogP contribution in [0.2, 0.25) is 0 Å². The molecule has 1 unspecified atom stereocenters. The Morgan fingerprint density at radius 3 is 2.39 bits per heavy atom. The molecule has 0 aromatic heterocycles. The van der Waals surface area contributed by atoms with Crippen LogP contribution in [0, 0.1) is 5.92 Å². The molecular formula is C13H16O4S. The zero-order valence-electron chi connectivity index (χ0n) is 10.4. The van der Waals surface area contributed by atoms with Gasteiger partial charge in [-0.1, -0.05) is 18.2 Å². The molecule has 1 saturated heterocycles. The third kappa shape index (κ3) is 2.72. The van der Waals surface area contributed by atoms with Gasteiger partial charge in [-0.25, -0.2) is 8.42 Å². The van der Waals surface area contributed by atoms with E-state index in [9.17, 15) is 13.2 Å². The minimum Gasteiger partial charge on any atom is -0.459 e. The largest absolute Gasteiger partial charge is 0.459 e. The number of hydrogen-bond acceptors (Lipinski definition) is 4. The van der Waals surface area contributed by atoms with Gasteiger partial charge in [0, 0.05) is 6.42 Å². The van der Waals surface area contributed by atoms with Crippen LogP contribution in [0.3, 0.4) is 0 Å². The minimum absolute atomic E-state index is 0.181. The number of ether oxygens (including phenoxy) is 1. The molecule has 0 saturated carbocycles. The van der Waals surface area contributed by atoms with E-state index in [0.29, 0.717) is 6.42 Å². The number of hydrogen-bond donors (Lipinski definition) is 0. The Kier molecular flexibility index (Phi) is 3.19. The van der Waals surface area contributed by atoms with Crippen LogP contribution in [-0.4, -0.2) is 25.7 Å². The molecular weight excluding hydrogens is 252 g/mol. The maximum absolute atomic E-state index is 12.1. The lowest BCUT2D eigenvalue weighted by Crippen LogP contribution is -2.20. The highest BCUT2D eigenvalue weighted by Gasteiger charge is 2.42. The monoisotopic (exact) mass is 268 g/mol. The number of cyclic esters (lactones) is 1. The van der Waals surface area contributed by atoms with Crippen molar-refractivity contribution in [1.29, 1.82) is 0 Å². The summed E-state index contributed by atoms with van der Waals surface area (Å²) in [5.41, 5.74) is -0.562. The molecule has 4 nitrogen and oxygen atoms in total. The van der Waals surface area contributed by atoms with Gasteiger partial charge in [0.1, 0.15) is 5.60 Å². The molecule has 0 radical (unpaired) electrons. The Bertz CT molecular complexity index is 546. The van der Waals surface area contributed by atoms with Crippen molar-refractivity contribution in [2.24, 2.45) is 5.92 Å². The SMILES string of the molecule is CC1(C)CC(CS(=O)(=O)c2ccccc2)C(=O)O1. The predicted octanol–water partition coefficient (Wildman–Crippen LogP) is 1.80. The lowest BCUT2D eigenvalue weighted by molar-refractivity contribution is -0.148. The highest BCUT2D eigenvalue weighted by molar-refractivity contribution is 7.91. The molecule has 5 heteroatoms. The molecule has 0 bridgehead atoms. The maximum Gasteiger partial charge on any atom is 0.310 e. The van der Waals surface area contributed by atoms with Gasteiger partial charge in [0.25, 0.3) is 0 Å². The Labute approximate surface area is 107 Å². The van der Waals surface area contributed by atoms with E-state index in [1.165, 1.54) is 0 Å². The Morgan fingerprint density at radius 1 is 1.28 bits per heavy atom. The van der Waals surface area contributed by atoms with Gasteiger partial charge in [-0.15, -0.1) is 0 Å². The van der Waals surface area contributed by atoms with E-state index in [4.69, 9.17) is 4.74 Å². The molecule has 1 fully saturated rings. The third-order valence-corrected chi connectivity index (χ3v) is 4.80. The number of benzene rings is 1. The minimum atomic E-state index is -3.43. The fraction of sp³-hybridized carbons (Fsp3) is 0.462. The quantitative estimate of drug-likeness (QED) is 0.784. The number of carbonyl (C=O) groups excluding carboxylic acids is 1. The van der Waals surface area contributed by atoms with E-state index in [2.05, 4.69) is 0 Å². The third-order valence-electron chi connectivity index (χ3n) is 2.97. The summed E-state index contributed by atoms with van der Waals surface area (Å²) in [6.07, 6.45) is 0.442. The molecule has 1 atom stereocenters. The first-order valence-electron chi connectivity index (χ1n) is 5.81. The second-order valence-corrected chi connectivity index (χ2v) is 7.21. The molecule has 1 aliphatic heterocycles. The standard InChI is InChI=1S/C13H16O4S/c1-13(2)8-10(12(14)17-13)9-18(15,16)11-6-4-3-5-7-11/h3-7,10H,8-9H2,1-2H3. The van der Waals surface area contributed by atoms with Crippen molar-refractivity contribution < 1.29 is 17.9 Å². The van der Waals surface area contributed by atoms with Gasteiger partial charge in [-0.3, -0.25) is 4.79 Å². The van der Waals surface area contributed by atoms with Gasteiger partial charge >= 0.3 is 5.97 Å².